The lowest BCUT2D eigenvalue weighted by atomic mass is 10.1. The van der Waals surface area contributed by atoms with Crippen molar-refractivity contribution in [2.24, 2.45) is 0 Å². The molecule has 0 spiro atoms. The second kappa shape index (κ2) is 3.38. The molecule has 2 aromatic rings. The van der Waals surface area contributed by atoms with Crippen LogP contribution in [0.15, 0.2) is 40.8 Å². The zero-order chi connectivity index (χ0) is 9.97. The van der Waals surface area contributed by atoms with Crippen LogP contribution in [0.1, 0.15) is 10.4 Å². The van der Waals surface area contributed by atoms with Crippen molar-refractivity contribution >= 4 is 12.2 Å². The molecular formula is C11H9NO2. The lowest BCUT2D eigenvalue weighted by molar-refractivity contribution is 0.112. The molecule has 0 aliphatic heterocycles. The smallest absolute Gasteiger partial charge is 0.201 e. The normalized spacial score (nSPS) is 10.0. The van der Waals surface area contributed by atoms with E-state index in [1.165, 1.54) is 0 Å². The number of benzene rings is 1. The third-order valence-electron chi connectivity index (χ3n) is 1.98. The van der Waals surface area contributed by atoms with Gasteiger partial charge in [-0.05, 0) is 6.07 Å². The first kappa shape index (κ1) is 8.56. The summed E-state index contributed by atoms with van der Waals surface area (Å²) in [6, 6.07) is 11.1. The second-order valence-corrected chi connectivity index (χ2v) is 2.91. The van der Waals surface area contributed by atoms with Gasteiger partial charge < -0.3 is 10.2 Å². The molecule has 2 rings (SSSR count). The van der Waals surface area contributed by atoms with E-state index in [0.29, 0.717) is 17.6 Å². The van der Waals surface area contributed by atoms with Gasteiger partial charge >= 0.3 is 0 Å². The molecule has 14 heavy (non-hydrogen) atoms. The van der Waals surface area contributed by atoms with E-state index in [9.17, 15) is 4.79 Å². The summed E-state index contributed by atoms with van der Waals surface area (Å²) in [5.41, 5.74) is 6.79. The number of aldehydes is 1. The Morgan fingerprint density at radius 1 is 1.21 bits per heavy atom. The van der Waals surface area contributed by atoms with Crippen molar-refractivity contribution < 1.29 is 9.21 Å². The Labute approximate surface area is 81.1 Å². The lowest BCUT2D eigenvalue weighted by Gasteiger charge is -1.93. The number of carbonyl (C=O) groups excluding carboxylic acids is 1. The zero-order valence-corrected chi connectivity index (χ0v) is 7.44. The summed E-state index contributed by atoms with van der Waals surface area (Å²) in [6.07, 6.45) is 0.686. The number of hydrogen-bond donors (Lipinski definition) is 1. The highest BCUT2D eigenvalue weighted by Crippen LogP contribution is 2.25. The summed E-state index contributed by atoms with van der Waals surface area (Å²) in [7, 11) is 0. The van der Waals surface area contributed by atoms with Crippen LogP contribution in [0, 0.1) is 0 Å². The Morgan fingerprint density at radius 3 is 2.50 bits per heavy atom. The predicted octanol–water partition coefficient (Wildman–Crippen LogP) is 2.34. The fourth-order valence-corrected chi connectivity index (χ4v) is 1.26. The summed E-state index contributed by atoms with van der Waals surface area (Å²) >= 11 is 0. The summed E-state index contributed by atoms with van der Waals surface area (Å²) in [4.78, 5) is 10.5. The molecule has 1 aromatic heterocycles. The molecule has 70 valence electrons. The second-order valence-electron chi connectivity index (χ2n) is 2.91. The number of carbonyl (C=O) groups is 1. The lowest BCUT2D eigenvalue weighted by Crippen LogP contribution is -1.84. The molecule has 0 radical (unpaired) electrons. The van der Waals surface area contributed by atoms with Gasteiger partial charge in [-0.1, -0.05) is 30.3 Å². The van der Waals surface area contributed by atoms with Gasteiger partial charge in [-0.3, -0.25) is 4.79 Å². The molecule has 0 bridgehead atoms. The largest absolute Gasteiger partial charge is 0.440 e. The first-order valence-corrected chi connectivity index (χ1v) is 4.21. The fourth-order valence-electron chi connectivity index (χ4n) is 1.26. The van der Waals surface area contributed by atoms with Gasteiger partial charge in [-0.15, -0.1) is 0 Å². The van der Waals surface area contributed by atoms with Crippen molar-refractivity contribution in [2.45, 2.75) is 0 Å². The van der Waals surface area contributed by atoms with Crippen LogP contribution in [-0.4, -0.2) is 6.29 Å². The molecule has 0 unspecified atom stereocenters. The molecule has 1 aromatic carbocycles. The Balaban J connectivity index is 2.48. The van der Waals surface area contributed by atoms with E-state index in [1.54, 1.807) is 6.07 Å². The Hall–Kier alpha value is -2.03. The van der Waals surface area contributed by atoms with E-state index in [1.807, 2.05) is 30.3 Å². The fraction of sp³-hybridized carbons (Fsp3) is 0. The maximum Gasteiger partial charge on any atom is 0.201 e. The van der Waals surface area contributed by atoms with Gasteiger partial charge in [0.2, 0.25) is 5.88 Å². The minimum Gasteiger partial charge on any atom is -0.440 e. The molecular weight excluding hydrogens is 178 g/mol. The standard InChI is InChI=1S/C11H9NO2/c12-11-9(7-13)6-10(14-11)8-4-2-1-3-5-8/h1-7H,12H2. The minimum atomic E-state index is 0.166. The van der Waals surface area contributed by atoms with E-state index in [0.717, 1.165) is 5.56 Å². The molecule has 0 aliphatic rings. The van der Waals surface area contributed by atoms with Gasteiger partial charge in [-0.2, -0.15) is 0 Å². The van der Waals surface area contributed by atoms with Gasteiger partial charge in [-0.25, -0.2) is 0 Å². The number of anilines is 1. The van der Waals surface area contributed by atoms with Crippen LogP contribution in [0.4, 0.5) is 5.88 Å². The van der Waals surface area contributed by atoms with Crippen LogP contribution in [0.2, 0.25) is 0 Å². The highest BCUT2D eigenvalue weighted by Gasteiger charge is 2.08. The number of nitrogen functional groups attached to an aromatic ring is 1. The molecule has 1 heterocycles. The Morgan fingerprint density at radius 2 is 1.93 bits per heavy atom. The molecule has 3 heteroatoms. The molecule has 0 aliphatic carbocycles. The van der Waals surface area contributed by atoms with Crippen molar-refractivity contribution in [3.05, 3.63) is 42.0 Å². The van der Waals surface area contributed by atoms with Crippen molar-refractivity contribution in [3.63, 3.8) is 0 Å². The predicted molar refractivity (Wildman–Crippen MR) is 53.9 cm³/mol. The van der Waals surface area contributed by atoms with Crippen LogP contribution in [0.5, 0.6) is 0 Å². The van der Waals surface area contributed by atoms with Crippen molar-refractivity contribution in [3.8, 4) is 11.3 Å². The van der Waals surface area contributed by atoms with Crippen molar-refractivity contribution in [1.82, 2.24) is 0 Å². The maximum absolute atomic E-state index is 10.5. The minimum absolute atomic E-state index is 0.166. The van der Waals surface area contributed by atoms with Gasteiger partial charge in [0, 0.05) is 5.56 Å². The number of nitrogens with two attached hydrogens (primary N) is 1. The first-order chi connectivity index (χ1) is 6.81. The van der Waals surface area contributed by atoms with E-state index in [2.05, 4.69) is 0 Å². The molecule has 0 saturated heterocycles. The summed E-state index contributed by atoms with van der Waals surface area (Å²) < 4.78 is 5.24. The van der Waals surface area contributed by atoms with Crippen LogP contribution in [-0.2, 0) is 0 Å². The van der Waals surface area contributed by atoms with Crippen LogP contribution >= 0.6 is 0 Å². The molecule has 0 saturated carbocycles. The third-order valence-corrected chi connectivity index (χ3v) is 1.98. The molecule has 3 nitrogen and oxygen atoms in total. The van der Waals surface area contributed by atoms with Gasteiger partial charge in [0.25, 0.3) is 0 Å². The van der Waals surface area contributed by atoms with Crippen LogP contribution < -0.4 is 5.73 Å². The van der Waals surface area contributed by atoms with E-state index < -0.39 is 0 Å². The van der Waals surface area contributed by atoms with Gasteiger partial charge in [0.1, 0.15) is 5.76 Å². The maximum atomic E-state index is 10.5. The van der Waals surface area contributed by atoms with E-state index >= 15 is 0 Å². The summed E-state index contributed by atoms with van der Waals surface area (Å²) in [5, 5.41) is 0. The van der Waals surface area contributed by atoms with Crippen LogP contribution in [0.25, 0.3) is 11.3 Å². The SMILES string of the molecule is Nc1oc(-c2ccccc2)cc1C=O. The average molecular weight is 187 g/mol. The summed E-state index contributed by atoms with van der Waals surface area (Å²) in [6.45, 7) is 0. The van der Waals surface area contributed by atoms with Crippen molar-refractivity contribution in [1.29, 1.82) is 0 Å². The van der Waals surface area contributed by atoms with E-state index in [-0.39, 0.29) is 5.88 Å². The Bertz CT molecular complexity index is 446. The van der Waals surface area contributed by atoms with Crippen molar-refractivity contribution in [2.75, 3.05) is 5.73 Å². The number of hydrogen-bond acceptors (Lipinski definition) is 3. The monoisotopic (exact) mass is 187 g/mol. The quantitative estimate of drug-likeness (QED) is 0.734. The summed E-state index contributed by atoms with van der Waals surface area (Å²) in [5.74, 6) is 0.782. The zero-order valence-electron chi connectivity index (χ0n) is 7.44. The van der Waals surface area contributed by atoms with Gasteiger partial charge in [0.05, 0.1) is 5.56 Å². The number of rotatable bonds is 2. The van der Waals surface area contributed by atoms with Gasteiger partial charge in [0.15, 0.2) is 6.29 Å². The highest BCUT2D eigenvalue weighted by molar-refractivity contribution is 5.83. The topological polar surface area (TPSA) is 56.2 Å². The Kier molecular flexibility index (Phi) is 2.07. The van der Waals surface area contributed by atoms with Crippen LogP contribution in [0.3, 0.4) is 0 Å². The molecule has 0 atom stereocenters. The molecule has 2 N–H and O–H groups in total. The van der Waals surface area contributed by atoms with E-state index in [4.69, 9.17) is 10.2 Å². The number of furan rings is 1. The molecule has 0 fully saturated rings. The first-order valence-electron chi connectivity index (χ1n) is 4.21. The average Bonchev–Trinajstić information content (AvgIpc) is 2.61. The molecule has 0 amide bonds. The highest BCUT2D eigenvalue weighted by atomic mass is 16.4. The third kappa shape index (κ3) is 1.40.